The molecule has 0 aromatic heterocycles. The topological polar surface area (TPSA) is 33.7 Å². The van der Waals surface area contributed by atoms with Crippen molar-refractivity contribution in [1.29, 1.82) is 0 Å². The molecular weight excluding hydrogens is 252 g/mol. The zero-order valence-electron chi connectivity index (χ0n) is 13.0. The minimum Gasteiger partial charge on any atom is -0.493 e. The third-order valence-electron chi connectivity index (χ3n) is 4.19. The lowest BCUT2D eigenvalue weighted by molar-refractivity contribution is 0.133. The van der Waals surface area contributed by atoms with Gasteiger partial charge in [-0.1, -0.05) is 13.0 Å². The summed E-state index contributed by atoms with van der Waals surface area (Å²) >= 11 is 0. The molecule has 1 N–H and O–H groups in total. The van der Waals surface area contributed by atoms with Gasteiger partial charge in [0.2, 0.25) is 0 Å². The number of piperazine rings is 1. The van der Waals surface area contributed by atoms with Crippen LogP contribution in [0.1, 0.15) is 25.8 Å². The lowest BCUT2D eigenvalue weighted by Crippen LogP contribution is -2.58. The van der Waals surface area contributed by atoms with Crippen LogP contribution in [-0.2, 0) is 6.54 Å². The van der Waals surface area contributed by atoms with E-state index in [1.165, 1.54) is 5.56 Å². The van der Waals surface area contributed by atoms with E-state index in [1.54, 1.807) is 14.2 Å². The Kier molecular flexibility index (Phi) is 4.89. The van der Waals surface area contributed by atoms with E-state index in [9.17, 15) is 0 Å². The molecule has 0 spiro atoms. The molecule has 1 aliphatic heterocycles. The second-order valence-electron chi connectivity index (χ2n) is 5.74. The van der Waals surface area contributed by atoms with Crippen LogP contribution in [0.2, 0.25) is 0 Å². The fourth-order valence-corrected chi connectivity index (χ4v) is 2.75. The monoisotopic (exact) mass is 278 g/mol. The number of benzene rings is 1. The highest BCUT2D eigenvalue weighted by atomic mass is 16.5. The Hall–Kier alpha value is -1.26. The third-order valence-corrected chi connectivity index (χ3v) is 4.19. The van der Waals surface area contributed by atoms with Crippen molar-refractivity contribution in [3.8, 4) is 11.5 Å². The molecule has 1 heterocycles. The van der Waals surface area contributed by atoms with E-state index in [2.05, 4.69) is 36.2 Å². The van der Waals surface area contributed by atoms with Crippen LogP contribution in [0.5, 0.6) is 11.5 Å². The summed E-state index contributed by atoms with van der Waals surface area (Å²) in [6.45, 7) is 8.72. The van der Waals surface area contributed by atoms with E-state index in [0.29, 0.717) is 0 Å². The summed E-state index contributed by atoms with van der Waals surface area (Å²) in [5.74, 6) is 1.59. The molecule has 0 saturated carbocycles. The smallest absolute Gasteiger partial charge is 0.161 e. The van der Waals surface area contributed by atoms with Crippen LogP contribution >= 0.6 is 0 Å². The number of nitrogens with zero attached hydrogens (tertiary/aromatic N) is 1. The predicted octanol–water partition coefficient (Wildman–Crippen LogP) is 2.28. The molecule has 0 aliphatic carbocycles. The molecular formula is C16H26N2O2. The van der Waals surface area contributed by atoms with Gasteiger partial charge in [-0.05, 0) is 31.0 Å². The first-order valence-electron chi connectivity index (χ1n) is 7.28. The molecule has 4 nitrogen and oxygen atoms in total. The Morgan fingerprint density at radius 2 is 2.00 bits per heavy atom. The summed E-state index contributed by atoms with van der Waals surface area (Å²) in [5, 5.41) is 3.62. The van der Waals surface area contributed by atoms with Crippen LogP contribution in [0.3, 0.4) is 0 Å². The molecule has 112 valence electrons. The number of nitrogens with one attached hydrogen (secondary N) is 1. The molecule has 1 saturated heterocycles. The van der Waals surface area contributed by atoms with Crippen LogP contribution in [-0.4, -0.2) is 44.3 Å². The lowest BCUT2D eigenvalue weighted by Gasteiger charge is -2.41. The van der Waals surface area contributed by atoms with Crippen molar-refractivity contribution in [1.82, 2.24) is 10.2 Å². The quantitative estimate of drug-likeness (QED) is 0.896. The zero-order valence-corrected chi connectivity index (χ0v) is 13.0. The maximum atomic E-state index is 5.37. The highest BCUT2D eigenvalue weighted by Crippen LogP contribution is 2.28. The van der Waals surface area contributed by atoms with Crippen molar-refractivity contribution in [2.45, 2.75) is 32.4 Å². The highest BCUT2D eigenvalue weighted by molar-refractivity contribution is 5.42. The third kappa shape index (κ3) is 3.44. The average molecular weight is 278 g/mol. The Balaban J connectivity index is 2.06. The molecule has 1 atom stereocenters. The van der Waals surface area contributed by atoms with Crippen molar-refractivity contribution in [2.24, 2.45) is 0 Å². The van der Waals surface area contributed by atoms with Gasteiger partial charge in [-0.3, -0.25) is 4.90 Å². The van der Waals surface area contributed by atoms with Crippen LogP contribution in [0, 0.1) is 0 Å². The Bertz CT molecular complexity index is 450. The zero-order chi connectivity index (χ0) is 14.6. The van der Waals surface area contributed by atoms with Crippen molar-refractivity contribution in [3.63, 3.8) is 0 Å². The maximum Gasteiger partial charge on any atom is 0.161 e. The number of ether oxygens (including phenoxy) is 2. The van der Waals surface area contributed by atoms with Crippen molar-refractivity contribution in [3.05, 3.63) is 23.8 Å². The van der Waals surface area contributed by atoms with Gasteiger partial charge in [-0.2, -0.15) is 0 Å². The van der Waals surface area contributed by atoms with Gasteiger partial charge in [0.05, 0.1) is 14.2 Å². The Morgan fingerprint density at radius 1 is 1.25 bits per heavy atom. The van der Waals surface area contributed by atoms with Crippen LogP contribution in [0.25, 0.3) is 0 Å². The molecule has 0 bridgehead atoms. The van der Waals surface area contributed by atoms with Crippen molar-refractivity contribution >= 4 is 0 Å². The first-order valence-corrected chi connectivity index (χ1v) is 7.28. The second-order valence-corrected chi connectivity index (χ2v) is 5.74. The summed E-state index contributed by atoms with van der Waals surface area (Å²) in [6, 6.07) is 6.17. The van der Waals surface area contributed by atoms with Crippen molar-refractivity contribution in [2.75, 3.05) is 33.9 Å². The van der Waals surface area contributed by atoms with Gasteiger partial charge in [0, 0.05) is 31.7 Å². The standard InChI is InChI=1S/C16H26N2O2/c1-5-16(2)12-18(9-8-17-16)11-13-6-7-14(19-3)15(10-13)20-4/h6-7,10,17H,5,8-9,11-12H2,1-4H3. The largest absolute Gasteiger partial charge is 0.493 e. The summed E-state index contributed by atoms with van der Waals surface area (Å²) < 4.78 is 10.7. The van der Waals surface area contributed by atoms with Gasteiger partial charge in [-0.15, -0.1) is 0 Å². The first-order chi connectivity index (χ1) is 9.60. The Labute approximate surface area is 122 Å². The SMILES string of the molecule is CCC1(C)CN(Cc2ccc(OC)c(OC)c2)CCN1. The normalized spacial score (nSPS) is 23.6. The summed E-state index contributed by atoms with van der Waals surface area (Å²) in [4.78, 5) is 2.50. The van der Waals surface area contributed by atoms with E-state index in [4.69, 9.17) is 9.47 Å². The minimum absolute atomic E-state index is 0.231. The fraction of sp³-hybridized carbons (Fsp3) is 0.625. The van der Waals surface area contributed by atoms with E-state index < -0.39 is 0 Å². The predicted molar refractivity (Wildman–Crippen MR) is 81.5 cm³/mol. The number of rotatable bonds is 5. The molecule has 20 heavy (non-hydrogen) atoms. The Morgan fingerprint density at radius 3 is 2.65 bits per heavy atom. The van der Waals surface area contributed by atoms with Gasteiger partial charge in [0.25, 0.3) is 0 Å². The molecule has 1 unspecified atom stereocenters. The van der Waals surface area contributed by atoms with Gasteiger partial charge in [0.1, 0.15) is 0 Å². The van der Waals surface area contributed by atoms with Crippen LogP contribution in [0.4, 0.5) is 0 Å². The molecule has 0 radical (unpaired) electrons. The number of hydrogen-bond acceptors (Lipinski definition) is 4. The van der Waals surface area contributed by atoms with Crippen molar-refractivity contribution < 1.29 is 9.47 Å². The lowest BCUT2D eigenvalue weighted by atomic mass is 9.95. The number of methoxy groups -OCH3 is 2. The molecule has 1 fully saturated rings. The molecule has 2 rings (SSSR count). The molecule has 4 heteroatoms. The second kappa shape index (κ2) is 6.46. The molecule has 1 aliphatic rings. The molecule has 1 aromatic rings. The minimum atomic E-state index is 0.231. The summed E-state index contributed by atoms with van der Waals surface area (Å²) in [6.07, 6.45) is 1.15. The first kappa shape index (κ1) is 15.1. The van der Waals surface area contributed by atoms with Crippen LogP contribution < -0.4 is 14.8 Å². The van der Waals surface area contributed by atoms with Gasteiger partial charge < -0.3 is 14.8 Å². The van der Waals surface area contributed by atoms with E-state index in [1.807, 2.05) is 6.07 Å². The molecule has 0 amide bonds. The van der Waals surface area contributed by atoms with Gasteiger partial charge in [-0.25, -0.2) is 0 Å². The maximum absolute atomic E-state index is 5.37. The molecule has 1 aromatic carbocycles. The number of hydrogen-bond donors (Lipinski definition) is 1. The van der Waals surface area contributed by atoms with E-state index >= 15 is 0 Å². The van der Waals surface area contributed by atoms with E-state index in [-0.39, 0.29) is 5.54 Å². The van der Waals surface area contributed by atoms with Crippen LogP contribution in [0.15, 0.2) is 18.2 Å². The summed E-state index contributed by atoms with van der Waals surface area (Å²) in [5.41, 5.74) is 1.50. The van der Waals surface area contributed by atoms with E-state index in [0.717, 1.165) is 44.1 Å². The highest BCUT2D eigenvalue weighted by Gasteiger charge is 2.28. The van der Waals surface area contributed by atoms with Gasteiger partial charge in [0.15, 0.2) is 11.5 Å². The fourth-order valence-electron chi connectivity index (χ4n) is 2.75. The summed E-state index contributed by atoms with van der Waals surface area (Å²) in [7, 11) is 3.35. The average Bonchev–Trinajstić information content (AvgIpc) is 2.47. The van der Waals surface area contributed by atoms with Gasteiger partial charge >= 0.3 is 0 Å².